The van der Waals surface area contributed by atoms with Gasteiger partial charge >= 0.3 is 0 Å². The third-order valence-corrected chi connectivity index (χ3v) is 8.36. The first-order chi connectivity index (χ1) is 15.8. The Kier molecular flexibility index (Phi) is 6.74. The fraction of sp³-hybridized carbons (Fsp3) is 0.160. The molecule has 1 amide bonds. The molecule has 0 aliphatic heterocycles. The number of hydrogen-bond acceptors (Lipinski definition) is 4. The van der Waals surface area contributed by atoms with Gasteiger partial charge in [0.2, 0.25) is 0 Å². The number of hydrogen-bond donors (Lipinski definition) is 1. The van der Waals surface area contributed by atoms with E-state index in [0.717, 1.165) is 15.6 Å². The molecule has 4 aromatic rings. The number of amides is 1. The average molecular weight is 499 g/mol. The summed E-state index contributed by atoms with van der Waals surface area (Å²) in [5.41, 5.74) is 2.23. The topological polar surface area (TPSA) is 66.5 Å². The molecule has 0 aliphatic rings. The van der Waals surface area contributed by atoms with Crippen LogP contribution in [0, 0.1) is 6.92 Å². The highest BCUT2D eigenvalue weighted by Gasteiger charge is 2.25. The molecule has 33 heavy (non-hydrogen) atoms. The molecule has 0 bridgehead atoms. The molecular formula is C25H23ClN2O3S2. The van der Waals surface area contributed by atoms with E-state index in [1.54, 1.807) is 60.7 Å². The Balaban J connectivity index is 1.65. The van der Waals surface area contributed by atoms with E-state index in [4.69, 9.17) is 11.6 Å². The van der Waals surface area contributed by atoms with Crippen molar-refractivity contribution in [3.8, 4) is 0 Å². The lowest BCUT2D eigenvalue weighted by molar-refractivity contribution is 0.103. The monoisotopic (exact) mass is 498 g/mol. The van der Waals surface area contributed by atoms with Gasteiger partial charge in [0.05, 0.1) is 15.5 Å². The summed E-state index contributed by atoms with van der Waals surface area (Å²) in [5.74, 6) is -0.224. The number of rotatable bonds is 7. The summed E-state index contributed by atoms with van der Waals surface area (Å²) in [6.45, 7) is 4.22. The van der Waals surface area contributed by atoms with Crippen molar-refractivity contribution in [2.24, 2.45) is 0 Å². The molecule has 0 aliphatic carbocycles. The molecule has 1 N–H and O–H groups in total. The van der Waals surface area contributed by atoms with E-state index in [-0.39, 0.29) is 10.8 Å². The molecule has 4 rings (SSSR count). The van der Waals surface area contributed by atoms with Gasteiger partial charge in [-0.3, -0.25) is 9.10 Å². The predicted molar refractivity (Wildman–Crippen MR) is 137 cm³/mol. The Labute approximate surface area is 202 Å². The van der Waals surface area contributed by atoms with Crippen molar-refractivity contribution in [1.82, 2.24) is 0 Å². The van der Waals surface area contributed by atoms with Gasteiger partial charge in [0.1, 0.15) is 0 Å². The van der Waals surface area contributed by atoms with Crippen LogP contribution in [0.4, 0.5) is 11.4 Å². The summed E-state index contributed by atoms with van der Waals surface area (Å²) < 4.78 is 29.1. The third-order valence-electron chi connectivity index (χ3n) is 5.15. The quantitative estimate of drug-likeness (QED) is 0.307. The fourth-order valence-electron chi connectivity index (χ4n) is 3.45. The predicted octanol–water partition coefficient (Wildman–Crippen LogP) is 6.72. The number of anilines is 2. The van der Waals surface area contributed by atoms with E-state index >= 15 is 0 Å². The van der Waals surface area contributed by atoms with Gasteiger partial charge in [-0.1, -0.05) is 36.2 Å². The number of nitrogens with one attached hydrogen (secondary N) is 1. The van der Waals surface area contributed by atoms with Gasteiger partial charge in [-0.25, -0.2) is 8.42 Å². The Morgan fingerprint density at radius 1 is 1.00 bits per heavy atom. The van der Waals surface area contributed by atoms with Crippen LogP contribution in [0.5, 0.6) is 0 Å². The first-order valence-electron chi connectivity index (χ1n) is 10.5. The largest absolute Gasteiger partial charge is 0.321 e. The van der Waals surface area contributed by atoms with Gasteiger partial charge < -0.3 is 5.32 Å². The van der Waals surface area contributed by atoms with Crippen LogP contribution in [0.15, 0.2) is 77.7 Å². The summed E-state index contributed by atoms with van der Waals surface area (Å²) in [6.07, 6.45) is 0.668. The highest BCUT2D eigenvalue weighted by molar-refractivity contribution is 7.92. The van der Waals surface area contributed by atoms with Crippen molar-refractivity contribution < 1.29 is 13.2 Å². The molecule has 3 aromatic carbocycles. The van der Waals surface area contributed by atoms with Crippen LogP contribution in [0.25, 0.3) is 10.1 Å². The molecular weight excluding hydrogens is 476 g/mol. The Bertz CT molecular complexity index is 1400. The van der Waals surface area contributed by atoms with E-state index in [0.29, 0.717) is 34.2 Å². The highest BCUT2D eigenvalue weighted by Crippen LogP contribution is 2.32. The first kappa shape index (κ1) is 23.3. The lowest BCUT2D eigenvalue weighted by Crippen LogP contribution is -2.31. The molecule has 0 spiro atoms. The molecule has 1 aromatic heterocycles. The summed E-state index contributed by atoms with van der Waals surface area (Å²) in [7, 11) is -3.71. The van der Waals surface area contributed by atoms with Crippen LogP contribution in [-0.2, 0) is 10.0 Å². The molecule has 1 heterocycles. The van der Waals surface area contributed by atoms with Crippen LogP contribution < -0.4 is 9.62 Å². The Hall–Kier alpha value is -2.87. The van der Waals surface area contributed by atoms with Crippen molar-refractivity contribution >= 4 is 60.3 Å². The first-order valence-corrected chi connectivity index (χ1v) is 13.1. The SMILES string of the molecule is CCCN(c1ccc2sc(C(=O)Nc3ccc(Cl)cc3)cc2c1)S(=O)(=O)c1ccc(C)cc1. The molecule has 0 saturated heterocycles. The number of carbonyl (C=O) groups excluding carboxylic acids is 1. The number of halogens is 1. The van der Waals surface area contributed by atoms with Gasteiger partial charge in [0, 0.05) is 22.0 Å². The van der Waals surface area contributed by atoms with E-state index < -0.39 is 10.0 Å². The summed E-state index contributed by atoms with van der Waals surface area (Å²) in [4.78, 5) is 13.5. The van der Waals surface area contributed by atoms with E-state index in [2.05, 4.69) is 5.32 Å². The second kappa shape index (κ2) is 9.55. The molecule has 5 nitrogen and oxygen atoms in total. The smallest absolute Gasteiger partial charge is 0.265 e. The number of aryl methyl sites for hydroxylation is 1. The molecule has 170 valence electrons. The molecule has 0 fully saturated rings. The second-order valence-corrected chi connectivity index (χ2v) is 11.1. The summed E-state index contributed by atoms with van der Waals surface area (Å²) >= 11 is 7.26. The zero-order chi connectivity index (χ0) is 23.6. The number of nitrogens with zero attached hydrogens (tertiary/aromatic N) is 1. The van der Waals surface area contributed by atoms with Gasteiger partial charge in [-0.2, -0.15) is 0 Å². The molecule has 8 heteroatoms. The summed E-state index contributed by atoms with van der Waals surface area (Å²) in [6, 6.07) is 21.0. The highest BCUT2D eigenvalue weighted by atomic mass is 35.5. The van der Waals surface area contributed by atoms with Crippen LogP contribution in [0.3, 0.4) is 0 Å². The summed E-state index contributed by atoms with van der Waals surface area (Å²) in [5, 5.41) is 4.28. The lowest BCUT2D eigenvalue weighted by Gasteiger charge is -2.24. The van der Waals surface area contributed by atoms with Crippen molar-refractivity contribution in [1.29, 1.82) is 0 Å². The number of sulfonamides is 1. The molecule has 0 saturated carbocycles. The van der Waals surface area contributed by atoms with Gasteiger partial charge in [0.25, 0.3) is 15.9 Å². The van der Waals surface area contributed by atoms with Gasteiger partial charge in [-0.15, -0.1) is 11.3 Å². The van der Waals surface area contributed by atoms with Crippen LogP contribution >= 0.6 is 22.9 Å². The fourth-order valence-corrected chi connectivity index (χ4v) is 6.07. The normalized spacial score (nSPS) is 11.5. The standard InChI is InChI=1S/C25H23ClN2O3S2/c1-3-14-28(33(30,31)22-11-4-17(2)5-12-22)21-10-13-23-18(15-21)16-24(32-23)25(29)27-20-8-6-19(26)7-9-20/h4-13,15-16H,3,14H2,1-2H3,(H,27,29). The maximum atomic E-state index is 13.4. The van der Waals surface area contributed by atoms with E-state index in [1.807, 2.05) is 26.0 Å². The Morgan fingerprint density at radius 2 is 1.70 bits per heavy atom. The van der Waals surface area contributed by atoms with Crippen molar-refractivity contribution in [2.45, 2.75) is 25.2 Å². The third kappa shape index (κ3) is 5.05. The lowest BCUT2D eigenvalue weighted by atomic mass is 10.2. The number of fused-ring (bicyclic) bond motifs is 1. The maximum Gasteiger partial charge on any atom is 0.265 e. The second-order valence-electron chi connectivity index (χ2n) is 7.68. The van der Waals surface area contributed by atoms with Crippen molar-refractivity contribution in [3.05, 3.63) is 88.3 Å². The molecule has 0 atom stereocenters. The van der Waals surface area contributed by atoms with Gasteiger partial charge in [0.15, 0.2) is 0 Å². The van der Waals surface area contributed by atoms with Gasteiger partial charge in [-0.05, 0) is 79.4 Å². The van der Waals surface area contributed by atoms with E-state index in [9.17, 15) is 13.2 Å². The molecule has 0 unspecified atom stereocenters. The van der Waals surface area contributed by atoms with Crippen LogP contribution in [-0.4, -0.2) is 20.9 Å². The van der Waals surface area contributed by atoms with Crippen LogP contribution in [0.1, 0.15) is 28.6 Å². The Morgan fingerprint density at radius 3 is 2.36 bits per heavy atom. The van der Waals surface area contributed by atoms with E-state index in [1.165, 1.54) is 15.6 Å². The zero-order valence-electron chi connectivity index (χ0n) is 18.2. The average Bonchev–Trinajstić information content (AvgIpc) is 3.23. The number of benzene rings is 3. The maximum absolute atomic E-state index is 13.4. The zero-order valence-corrected chi connectivity index (χ0v) is 20.6. The minimum atomic E-state index is -3.71. The number of thiophene rings is 1. The van der Waals surface area contributed by atoms with Crippen LogP contribution in [0.2, 0.25) is 5.02 Å². The molecule has 0 radical (unpaired) electrons. The minimum absolute atomic E-state index is 0.224. The van der Waals surface area contributed by atoms with Crippen molar-refractivity contribution in [3.63, 3.8) is 0 Å². The minimum Gasteiger partial charge on any atom is -0.321 e. The number of carbonyl (C=O) groups is 1. The van der Waals surface area contributed by atoms with Crippen molar-refractivity contribution in [2.75, 3.05) is 16.2 Å².